The Morgan fingerprint density at radius 2 is 1.31 bits per heavy atom. The summed E-state index contributed by atoms with van der Waals surface area (Å²) in [7, 11) is 4.11. The van der Waals surface area contributed by atoms with Gasteiger partial charge in [-0.1, -0.05) is 0 Å². The van der Waals surface area contributed by atoms with Crippen LogP contribution < -0.4 is 4.74 Å². The van der Waals surface area contributed by atoms with Crippen LogP contribution in [0.1, 0.15) is 23.6 Å². The van der Waals surface area contributed by atoms with Crippen LogP contribution in [0.15, 0.2) is 84.9 Å². The van der Waals surface area contributed by atoms with Crippen LogP contribution in [0.2, 0.25) is 3.63 Å². The van der Waals surface area contributed by atoms with Crippen molar-refractivity contribution in [2.24, 2.45) is 0 Å². The molecule has 0 aromatic heterocycles. The Kier molecular flexibility index (Phi) is 8.03. The zero-order valence-corrected chi connectivity index (χ0v) is 20.2. The van der Waals surface area contributed by atoms with Crippen LogP contribution in [0.3, 0.4) is 0 Å². The summed E-state index contributed by atoms with van der Waals surface area (Å²) in [6, 6.07) is 30.0. The normalized spacial score (nSPS) is 13.1. The second-order valence-corrected chi connectivity index (χ2v) is 9.86. The van der Waals surface area contributed by atoms with Crippen LogP contribution in [0.25, 0.3) is 11.1 Å². The van der Waals surface area contributed by atoms with E-state index < -0.39 is 0 Å². The number of ether oxygens (including phenoxy) is 1. The summed E-state index contributed by atoms with van der Waals surface area (Å²) in [6.07, 6.45) is 0. The molecule has 3 heteroatoms. The molecule has 0 saturated heterocycles. The van der Waals surface area contributed by atoms with E-state index in [4.69, 9.17) is 4.74 Å². The van der Waals surface area contributed by atoms with E-state index in [0.717, 1.165) is 12.3 Å². The first-order chi connectivity index (χ1) is 14.1. The van der Waals surface area contributed by atoms with Gasteiger partial charge in [0.1, 0.15) is 0 Å². The number of likely N-dealkylation sites (N-methyl/N-ethyl adjacent to an activating group) is 1. The van der Waals surface area contributed by atoms with E-state index in [2.05, 4.69) is 111 Å². The number of allylic oxidation sites excluding steroid dienone is 1. The summed E-state index contributed by atoms with van der Waals surface area (Å²) in [5.41, 5.74) is 6.43. The van der Waals surface area contributed by atoms with E-state index in [1.807, 2.05) is 0 Å². The molecule has 0 bridgehead atoms. The molecule has 0 heterocycles. The van der Waals surface area contributed by atoms with Crippen molar-refractivity contribution in [1.82, 2.24) is 4.90 Å². The molecule has 0 radical (unpaired) electrons. The molecule has 0 saturated carbocycles. The molecule has 3 aromatic rings. The minimum atomic E-state index is 0.448. The fourth-order valence-corrected chi connectivity index (χ4v) is 4.25. The predicted octanol–water partition coefficient (Wildman–Crippen LogP) is 5.94. The summed E-state index contributed by atoms with van der Waals surface area (Å²) >= 11 is 1.80. The number of hydrogen-bond donors (Lipinski definition) is 0. The molecular weight excluding hydrogens is 552 g/mol. The van der Waals surface area contributed by atoms with Gasteiger partial charge in [0.25, 0.3) is 0 Å². The van der Waals surface area contributed by atoms with Crippen LogP contribution in [-0.4, -0.2) is 32.1 Å². The maximum absolute atomic E-state index is 5.89. The van der Waals surface area contributed by atoms with Gasteiger partial charge in [0.05, 0.1) is 0 Å². The Labute approximate surface area is 190 Å². The van der Waals surface area contributed by atoms with Crippen LogP contribution in [0.4, 0.5) is 0 Å². The third-order valence-electron chi connectivity index (χ3n) is 4.76. The van der Waals surface area contributed by atoms with Crippen molar-refractivity contribution in [3.05, 3.63) is 102 Å². The fraction of sp³-hybridized carbons (Fsp3) is 0.231. The molecule has 3 aromatic carbocycles. The van der Waals surface area contributed by atoms with Crippen LogP contribution >= 0.6 is 0 Å². The summed E-state index contributed by atoms with van der Waals surface area (Å²) < 4.78 is 6.34. The minimum absolute atomic E-state index is 0.448. The second kappa shape index (κ2) is 10.7. The van der Waals surface area contributed by atoms with Gasteiger partial charge >= 0.3 is 191 Å². The van der Waals surface area contributed by atoms with E-state index >= 15 is 0 Å². The van der Waals surface area contributed by atoms with Gasteiger partial charge in [-0.15, -0.1) is 0 Å². The zero-order valence-electron chi connectivity index (χ0n) is 17.3. The topological polar surface area (TPSA) is 12.5 Å². The SMILES string of the molecule is CC([At])/C(=C(/c1ccccc1)c1ccc(OCCN(C)C)cc1)c1ccccc1. The maximum atomic E-state index is 5.89. The Balaban J connectivity index is 2.05. The molecule has 2 nitrogen and oxygen atoms in total. The Bertz CT molecular complexity index is 916. The number of benzene rings is 3. The average Bonchev–Trinajstić information content (AvgIpc) is 2.73. The van der Waals surface area contributed by atoms with Crippen molar-refractivity contribution >= 4 is 11.1 Å². The van der Waals surface area contributed by atoms with Gasteiger partial charge in [-0.3, -0.25) is 0 Å². The number of nitrogens with zero attached hydrogens (tertiary/aromatic N) is 1. The molecule has 150 valence electrons. The molecule has 1 unspecified atom stereocenters. The molecular formula is C26H28AtNO. The molecule has 0 aliphatic rings. The Hall–Kier alpha value is -1.96. The molecule has 1 atom stereocenters. The third kappa shape index (κ3) is 6.01. The van der Waals surface area contributed by atoms with Crippen molar-refractivity contribution in [3.63, 3.8) is 0 Å². The van der Waals surface area contributed by atoms with Gasteiger partial charge < -0.3 is 0 Å². The van der Waals surface area contributed by atoms with Crippen LogP contribution in [0.5, 0.6) is 5.75 Å². The molecule has 0 spiro atoms. The van der Waals surface area contributed by atoms with Gasteiger partial charge in [0.15, 0.2) is 0 Å². The van der Waals surface area contributed by atoms with Gasteiger partial charge in [-0.05, 0) is 0 Å². The summed E-state index contributed by atoms with van der Waals surface area (Å²) in [4.78, 5) is 2.13. The van der Waals surface area contributed by atoms with Crippen molar-refractivity contribution in [1.29, 1.82) is 0 Å². The van der Waals surface area contributed by atoms with E-state index in [-0.39, 0.29) is 0 Å². The van der Waals surface area contributed by atoms with Crippen molar-refractivity contribution in [2.75, 3.05) is 27.2 Å². The molecule has 0 aliphatic heterocycles. The van der Waals surface area contributed by atoms with Crippen molar-refractivity contribution in [3.8, 4) is 5.75 Å². The molecule has 0 N–H and O–H groups in total. The van der Waals surface area contributed by atoms with Crippen LogP contribution in [-0.2, 0) is 0 Å². The monoisotopic (exact) mass is 580 g/mol. The van der Waals surface area contributed by atoms with E-state index in [1.165, 1.54) is 27.8 Å². The van der Waals surface area contributed by atoms with Gasteiger partial charge in [-0.25, -0.2) is 0 Å². The van der Waals surface area contributed by atoms with E-state index in [0.29, 0.717) is 10.2 Å². The van der Waals surface area contributed by atoms with Crippen molar-refractivity contribution in [2.45, 2.75) is 10.5 Å². The van der Waals surface area contributed by atoms with Gasteiger partial charge in [0, 0.05) is 0 Å². The predicted molar refractivity (Wildman–Crippen MR) is 119 cm³/mol. The Morgan fingerprint density at radius 1 is 0.793 bits per heavy atom. The third-order valence-corrected chi connectivity index (χ3v) is 5.61. The standard InChI is InChI=1S/C26H28AtNO/c1-20(27)25(21-10-6-4-7-11-21)26(22-12-8-5-9-13-22)23-14-16-24(17-15-23)29-19-18-28(2)3/h4-17,20H,18-19H2,1-3H3/b26-25+. The summed E-state index contributed by atoms with van der Waals surface area (Å²) in [6.45, 7) is 3.89. The van der Waals surface area contributed by atoms with Gasteiger partial charge in [-0.2, -0.15) is 0 Å². The number of hydrogen-bond acceptors (Lipinski definition) is 2. The Morgan fingerprint density at radius 3 is 1.83 bits per heavy atom. The first-order valence-corrected chi connectivity index (χ1v) is 11.6. The van der Waals surface area contributed by atoms with E-state index in [9.17, 15) is 0 Å². The average molecular weight is 581 g/mol. The molecule has 29 heavy (non-hydrogen) atoms. The number of rotatable bonds is 8. The fourth-order valence-electron chi connectivity index (χ4n) is 3.34. The molecule has 0 amide bonds. The first kappa shape index (κ1) is 21.7. The molecule has 0 aliphatic carbocycles. The zero-order chi connectivity index (χ0) is 20.6. The van der Waals surface area contributed by atoms with Crippen LogP contribution in [0, 0.1) is 24.7 Å². The molecule has 3 rings (SSSR count). The summed E-state index contributed by atoms with van der Waals surface area (Å²) in [5, 5.41) is 0. The molecule has 0 fully saturated rings. The quantitative estimate of drug-likeness (QED) is 0.306. The van der Waals surface area contributed by atoms with E-state index in [1.54, 1.807) is 24.7 Å². The van der Waals surface area contributed by atoms with Crippen molar-refractivity contribution < 1.29 is 29.5 Å². The summed E-state index contributed by atoms with van der Waals surface area (Å²) in [5.74, 6) is 0.914. The second-order valence-electron chi connectivity index (χ2n) is 7.31. The first-order valence-electron chi connectivity index (χ1n) is 9.93. The van der Waals surface area contributed by atoms with Gasteiger partial charge in [0.2, 0.25) is 0 Å².